The van der Waals surface area contributed by atoms with Crippen LogP contribution in [0, 0.1) is 0 Å². The highest BCUT2D eigenvalue weighted by Crippen LogP contribution is 2.66. The Morgan fingerprint density at radius 2 is 0.794 bits per heavy atom. The first-order valence-electron chi connectivity index (χ1n) is 21.8. The van der Waals surface area contributed by atoms with Gasteiger partial charge in [0.2, 0.25) is 0 Å². The molecule has 0 atom stereocenters. The molecule has 15 rings (SSSR count). The van der Waals surface area contributed by atoms with E-state index in [0.717, 1.165) is 54.6 Å². The van der Waals surface area contributed by atoms with Crippen molar-refractivity contribution in [1.82, 2.24) is 0 Å². The van der Waals surface area contributed by atoms with Crippen LogP contribution in [0.25, 0.3) is 121 Å². The van der Waals surface area contributed by atoms with Gasteiger partial charge in [-0.15, -0.1) is 0 Å². The molecule has 290 valence electrons. The third-order valence-electron chi connectivity index (χ3n) is 14.4. The van der Waals surface area contributed by atoms with E-state index in [-0.39, 0.29) is 0 Å². The van der Waals surface area contributed by atoms with Gasteiger partial charge in [-0.2, -0.15) is 0 Å². The van der Waals surface area contributed by atoms with Crippen LogP contribution in [0.1, 0.15) is 22.3 Å². The predicted octanol–water partition coefficient (Wildman–Crippen LogP) is 16.6. The standard InChI is InChI=1S/C61H34O2/c1-5-15-42-35(11-1)21-26-46-50-31-37(24-29-55(50)62-59(42)46)38-23-28-48-54(34-38)61(52-19-9-7-17-44(52)45-18-8-10-20-53(45)61)58-41-14-4-3-13-39(41)32-49(57(48)58)40-25-30-56-51(33-40)47-27-22-36-12-2-6-16-43(36)60(47)63-56/h1-34H. The average molecular weight is 799 g/mol. The fourth-order valence-electron chi connectivity index (χ4n) is 11.8. The normalized spacial score (nSPS) is 13.5. The monoisotopic (exact) mass is 798 g/mol. The molecule has 0 amide bonds. The van der Waals surface area contributed by atoms with Gasteiger partial charge in [0, 0.05) is 32.3 Å². The Balaban J connectivity index is 1.03. The zero-order valence-corrected chi connectivity index (χ0v) is 33.9. The van der Waals surface area contributed by atoms with Gasteiger partial charge in [-0.05, 0) is 137 Å². The Kier molecular flexibility index (Phi) is 6.38. The van der Waals surface area contributed by atoms with E-state index in [9.17, 15) is 0 Å². The van der Waals surface area contributed by atoms with Gasteiger partial charge in [0.1, 0.15) is 22.3 Å². The molecule has 2 heteroatoms. The summed E-state index contributed by atoms with van der Waals surface area (Å²) in [5, 5.41) is 11.7. The van der Waals surface area contributed by atoms with E-state index in [1.807, 2.05) is 0 Å². The first-order chi connectivity index (χ1) is 31.2. The molecule has 63 heavy (non-hydrogen) atoms. The molecule has 0 fully saturated rings. The Morgan fingerprint density at radius 3 is 1.44 bits per heavy atom. The Labute approximate surface area is 361 Å². The predicted molar refractivity (Wildman–Crippen MR) is 261 cm³/mol. The minimum Gasteiger partial charge on any atom is -0.455 e. The van der Waals surface area contributed by atoms with Crippen molar-refractivity contribution >= 4 is 76.2 Å². The lowest BCUT2D eigenvalue weighted by molar-refractivity contribution is 0.672. The molecule has 0 saturated heterocycles. The first kappa shape index (κ1) is 33.5. The minimum absolute atomic E-state index is 0.555. The highest BCUT2D eigenvalue weighted by Gasteiger charge is 2.53. The van der Waals surface area contributed by atoms with Crippen molar-refractivity contribution in [2.24, 2.45) is 0 Å². The van der Waals surface area contributed by atoms with Crippen LogP contribution in [0.5, 0.6) is 0 Å². The first-order valence-corrected chi connectivity index (χ1v) is 21.8. The van der Waals surface area contributed by atoms with Crippen LogP contribution >= 0.6 is 0 Å². The van der Waals surface area contributed by atoms with E-state index in [1.54, 1.807) is 0 Å². The topological polar surface area (TPSA) is 26.3 Å². The Bertz CT molecular complexity index is 4110. The van der Waals surface area contributed by atoms with Gasteiger partial charge in [-0.1, -0.05) is 158 Å². The SMILES string of the molecule is c1ccc2c(c1)-c1ccccc1C21c2cc(-c3ccc4oc5c6ccccc6ccc5c4c3)ccc2-c2c(-c3ccc4oc5c6ccccc6ccc5c4c3)cc3ccccc3c21. The van der Waals surface area contributed by atoms with Crippen molar-refractivity contribution < 1.29 is 8.83 Å². The summed E-state index contributed by atoms with van der Waals surface area (Å²) in [5.74, 6) is 0. The van der Waals surface area contributed by atoms with Crippen molar-refractivity contribution in [2.45, 2.75) is 5.41 Å². The smallest absolute Gasteiger partial charge is 0.143 e. The van der Waals surface area contributed by atoms with E-state index in [4.69, 9.17) is 8.83 Å². The molecular formula is C61H34O2. The van der Waals surface area contributed by atoms with Crippen LogP contribution in [-0.2, 0) is 5.41 Å². The summed E-state index contributed by atoms with van der Waals surface area (Å²) < 4.78 is 13.2. The number of hydrogen-bond acceptors (Lipinski definition) is 2. The van der Waals surface area contributed by atoms with Crippen molar-refractivity contribution in [1.29, 1.82) is 0 Å². The Hall–Kier alpha value is -8.20. The quantitative estimate of drug-likeness (QED) is 0.174. The number of benzene rings is 11. The molecule has 0 aliphatic heterocycles. The van der Waals surface area contributed by atoms with Gasteiger partial charge in [0.05, 0.1) is 5.41 Å². The highest BCUT2D eigenvalue weighted by atomic mass is 16.3. The molecule has 0 bridgehead atoms. The molecule has 0 radical (unpaired) electrons. The van der Waals surface area contributed by atoms with E-state index in [1.165, 1.54) is 88.3 Å². The van der Waals surface area contributed by atoms with Gasteiger partial charge >= 0.3 is 0 Å². The average Bonchev–Trinajstić information content (AvgIpc) is 4.09. The van der Waals surface area contributed by atoms with Crippen LogP contribution in [0.3, 0.4) is 0 Å². The molecule has 2 heterocycles. The van der Waals surface area contributed by atoms with Gasteiger partial charge < -0.3 is 8.83 Å². The molecule has 0 unspecified atom stereocenters. The zero-order valence-electron chi connectivity index (χ0n) is 33.9. The molecular weight excluding hydrogens is 765 g/mol. The summed E-state index contributed by atoms with van der Waals surface area (Å²) in [5.41, 5.74) is 18.4. The van der Waals surface area contributed by atoms with Gasteiger partial charge in [-0.3, -0.25) is 0 Å². The van der Waals surface area contributed by atoms with Gasteiger partial charge in [0.15, 0.2) is 0 Å². The zero-order chi connectivity index (χ0) is 41.0. The molecule has 1 spiro atoms. The number of furan rings is 2. The second kappa shape index (κ2) is 12.0. The number of rotatable bonds is 2. The fourth-order valence-corrected chi connectivity index (χ4v) is 11.8. The minimum atomic E-state index is -0.555. The van der Waals surface area contributed by atoms with Crippen molar-refractivity contribution in [3.8, 4) is 44.5 Å². The molecule has 2 aliphatic carbocycles. The highest BCUT2D eigenvalue weighted by molar-refractivity contribution is 6.18. The van der Waals surface area contributed by atoms with Crippen molar-refractivity contribution in [3.05, 3.63) is 229 Å². The second-order valence-corrected chi connectivity index (χ2v) is 17.4. The summed E-state index contributed by atoms with van der Waals surface area (Å²) in [7, 11) is 0. The van der Waals surface area contributed by atoms with E-state index >= 15 is 0 Å². The molecule has 2 aliphatic rings. The summed E-state index contributed by atoms with van der Waals surface area (Å²) in [6.45, 7) is 0. The molecule has 2 aromatic heterocycles. The fraction of sp³-hybridized carbons (Fsp3) is 0.0164. The molecule has 13 aromatic rings. The maximum Gasteiger partial charge on any atom is 0.143 e. The van der Waals surface area contributed by atoms with Crippen LogP contribution in [0.15, 0.2) is 215 Å². The van der Waals surface area contributed by atoms with E-state index in [2.05, 4.69) is 206 Å². The Morgan fingerprint density at radius 1 is 0.286 bits per heavy atom. The van der Waals surface area contributed by atoms with Gasteiger partial charge in [-0.25, -0.2) is 0 Å². The summed E-state index contributed by atoms with van der Waals surface area (Å²) in [4.78, 5) is 0. The summed E-state index contributed by atoms with van der Waals surface area (Å²) >= 11 is 0. The van der Waals surface area contributed by atoms with Crippen molar-refractivity contribution in [2.75, 3.05) is 0 Å². The summed E-state index contributed by atoms with van der Waals surface area (Å²) in [6, 6.07) is 76.3. The van der Waals surface area contributed by atoms with Crippen LogP contribution < -0.4 is 0 Å². The van der Waals surface area contributed by atoms with Crippen molar-refractivity contribution in [3.63, 3.8) is 0 Å². The van der Waals surface area contributed by atoms with Crippen LogP contribution in [0.2, 0.25) is 0 Å². The molecule has 11 aromatic carbocycles. The third kappa shape index (κ3) is 4.27. The lowest BCUT2D eigenvalue weighted by atomic mass is 9.69. The lowest BCUT2D eigenvalue weighted by Crippen LogP contribution is -2.26. The van der Waals surface area contributed by atoms with E-state index < -0.39 is 5.41 Å². The van der Waals surface area contributed by atoms with Crippen LogP contribution in [0.4, 0.5) is 0 Å². The third-order valence-corrected chi connectivity index (χ3v) is 14.4. The largest absolute Gasteiger partial charge is 0.455 e. The molecule has 0 N–H and O–H groups in total. The number of hydrogen-bond donors (Lipinski definition) is 0. The van der Waals surface area contributed by atoms with Gasteiger partial charge in [0.25, 0.3) is 0 Å². The lowest BCUT2D eigenvalue weighted by Gasteiger charge is -2.32. The number of fused-ring (bicyclic) bond motifs is 22. The maximum atomic E-state index is 6.64. The maximum absolute atomic E-state index is 6.64. The molecule has 0 saturated carbocycles. The molecule has 2 nitrogen and oxygen atoms in total. The second-order valence-electron chi connectivity index (χ2n) is 17.4. The summed E-state index contributed by atoms with van der Waals surface area (Å²) in [6.07, 6.45) is 0. The van der Waals surface area contributed by atoms with Crippen LogP contribution in [-0.4, -0.2) is 0 Å². The van der Waals surface area contributed by atoms with E-state index in [0.29, 0.717) is 0 Å².